The molecule has 5 saturated carbocycles. The lowest BCUT2D eigenvalue weighted by Gasteiger charge is -2.55. The van der Waals surface area contributed by atoms with Crippen molar-refractivity contribution < 1.29 is 14.3 Å². The quantitative estimate of drug-likeness (QED) is 0.193. The van der Waals surface area contributed by atoms with E-state index in [0.717, 1.165) is 98.4 Å². The van der Waals surface area contributed by atoms with Crippen molar-refractivity contribution in [3.8, 4) is 11.4 Å². The third-order valence-electron chi connectivity index (χ3n) is 14.0. The van der Waals surface area contributed by atoms with E-state index < -0.39 is 0 Å². The molecule has 4 bridgehead atoms. The number of rotatable bonds is 9. The monoisotopic (exact) mass is 727 g/mol. The molecule has 11 rings (SSSR count). The van der Waals surface area contributed by atoms with Gasteiger partial charge in [-0.3, -0.25) is 19.0 Å². The summed E-state index contributed by atoms with van der Waals surface area (Å²) >= 11 is 0. The summed E-state index contributed by atoms with van der Waals surface area (Å²) in [4.78, 5) is 53.4. The molecule has 11 nitrogen and oxygen atoms in total. The summed E-state index contributed by atoms with van der Waals surface area (Å²) in [6, 6.07) is 15.0. The second-order valence-corrected chi connectivity index (χ2v) is 17.6. The number of hydrogen-bond donors (Lipinski definition) is 2. The van der Waals surface area contributed by atoms with Crippen molar-refractivity contribution in [1.29, 1.82) is 0 Å². The Kier molecular flexibility index (Phi) is 7.82. The maximum Gasteiger partial charge on any atom is 0.257 e. The van der Waals surface area contributed by atoms with E-state index in [2.05, 4.69) is 37.6 Å². The third kappa shape index (κ3) is 5.82. The standard InChI is InChI=1S/C43H49N7O4/c1-26-14-37(51)50(33-5-3-4-31(18-33)45-40(53)29-6-7-29)39-34(26)23-44-41(47-39)46-35-9-8-32(19-36(35)54-2)48-12-10-42(11-13-48)24-49(25-42)38(52)22-43-20-27-15-28(21-43)17-30(43)16-27/h3-5,8-9,14,18-19,23,27-30H,6-7,10-13,15-17,20-22,24-25H2,1-2H3,(H,45,53)(H,44,46,47). The van der Waals surface area contributed by atoms with Gasteiger partial charge in [0.25, 0.3) is 5.56 Å². The Morgan fingerprint density at radius 1 is 0.963 bits per heavy atom. The van der Waals surface area contributed by atoms with Gasteiger partial charge < -0.3 is 25.2 Å². The topological polar surface area (TPSA) is 122 Å². The van der Waals surface area contributed by atoms with Crippen LogP contribution < -0.4 is 25.8 Å². The number of benzene rings is 2. The number of carbonyl (C=O) groups is 2. The summed E-state index contributed by atoms with van der Waals surface area (Å²) in [5.74, 6) is 4.11. The van der Waals surface area contributed by atoms with Crippen LogP contribution in [-0.2, 0) is 9.59 Å². The van der Waals surface area contributed by atoms with Crippen molar-refractivity contribution >= 4 is 45.9 Å². The summed E-state index contributed by atoms with van der Waals surface area (Å²) < 4.78 is 7.42. The first-order valence-corrected chi connectivity index (χ1v) is 20.0. The number of anilines is 4. The largest absolute Gasteiger partial charge is 0.494 e. The SMILES string of the molecule is COc1cc(N2CCC3(CC2)CN(C(=O)CC24CC5CC(CC2C5)C4)C3)ccc1Nc1ncc2c(C)cc(=O)n(-c3cccc(NC(=O)C4CC4)c3)c2n1. The number of ether oxygens (including phenoxy) is 1. The summed E-state index contributed by atoms with van der Waals surface area (Å²) in [6.07, 6.45) is 13.3. The molecule has 54 heavy (non-hydrogen) atoms. The van der Waals surface area contributed by atoms with Gasteiger partial charge in [-0.1, -0.05) is 6.07 Å². The number of methoxy groups -OCH3 is 1. The smallest absolute Gasteiger partial charge is 0.257 e. The van der Waals surface area contributed by atoms with Gasteiger partial charge in [0, 0.05) is 79.0 Å². The molecule has 2 N–H and O–H groups in total. The highest BCUT2D eigenvalue weighted by Gasteiger charge is 2.59. The van der Waals surface area contributed by atoms with E-state index in [1.807, 2.05) is 31.2 Å². The van der Waals surface area contributed by atoms with Gasteiger partial charge >= 0.3 is 0 Å². The van der Waals surface area contributed by atoms with E-state index in [4.69, 9.17) is 9.72 Å². The van der Waals surface area contributed by atoms with Crippen LogP contribution in [0.5, 0.6) is 5.75 Å². The molecule has 0 radical (unpaired) electrons. The van der Waals surface area contributed by atoms with Crippen LogP contribution >= 0.6 is 0 Å². The van der Waals surface area contributed by atoms with Crippen LogP contribution in [0.4, 0.5) is 23.0 Å². The number of piperidine rings is 1. The molecule has 2 saturated heterocycles. The van der Waals surface area contributed by atoms with Crippen molar-refractivity contribution in [2.75, 3.05) is 48.8 Å². The molecule has 5 aliphatic carbocycles. The number of carbonyl (C=O) groups excluding carboxylic acids is 2. The molecule has 2 amide bonds. The van der Waals surface area contributed by atoms with Crippen molar-refractivity contribution in [2.45, 2.75) is 71.1 Å². The highest BCUT2D eigenvalue weighted by atomic mass is 16.5. The predicted octanol–water partition coefficient (Wildman–Crippen LogP) is 6.84. The molecule has 2 aromatic carbocycles. The lowest BCUT2D eigenvalue weighted by molar-refractivity contribution is -0.148. The van der Waals surface area contributed by atoms with E-state index in [1.54, 1.807) is 30.0 Å². The van der Waals surface area contributed by atoms with Gasteiger partial charge in [0.2, 0.25) is 17.8 Å². The van der Waals surface area contributed by atoms with Gasteiger partial charge in [-0.2, -0.15) is 4.98 Å². The van der Waals surface area contributed by atoms with Crippen LogP contribution in [0.15, 0.2) is 59.5 Å². The number of aromatic nitrogens is 3. The van der Waals surface area contributed by atoms with Crippen molar-refractivity contribution in [2.24, 2.45) is 34.5 Å². The highest BCUT2D eigenvalue weighted by molar-refractivity contribution is 5.94. The van der Waals surface area contributed by atoms with Crippen LogP contribution in [0.2, 0.25) is 0 Å². The van der Waals surface area contributed by atoms with Gasteiger partial charge in [-0.15, -0.1) is 0 Å². The molecule has 7 aliphatic rings. The Bertz CT molecular complexity index is 2220. The number of pyridine rings is 1. The zero-order valence-electron chi connectivity index (χ0n) is 31.3. The van der Waals surface area contributed by atoms with Gasteiger partial charge in [0.1, 0.15) is 5.75 Å². The summed E-state index contributed by atoms with van der Waals surface area (Å²) in [5.41, 5.74) is 4.69. The van der Waals surface area contributed by atoms with Crippen molar-refractivity contribution in [3.05, 3.63) is 70.6 Å². The molecule has 2 aliphatic heterocycles. The summed E-state index contributed by atoms with van der Waals surface area (Å²) in [5, 5.41) is 7.07. The second-order valence-electron chi connectivity index (χ2n) is 17.6. The van der Waals surface area contributed by atoms with Gasteiger partial charge in [0.15, 0.2) is 5.65 Å². The van der Waals surface area contributed by atoms with Crippen molar-refractivity contribution in [3.63, 3.8) is 0 Å². The first-order valence-electron chi connectivity index (χ1n) is 20.0. The summed E-state index contributed by atoms with van der Waals surface area (Å²) in [7, 11) is 1.66. The van der Waals surface area contributed by atoms with Crippen LogP contribution in [0.1, 0.15) is 69.8 Å². The molecule has 4 aromatic rings. The van der Waals surface area contributed by atoms with Crippen molar-refractivity contribution in [1.82, 2.24) is 19.4 Å². The molecular weight excluding hydrogens is 679 g/mol. The molecule has 1 spiro atoms. The molecule has 2 unspecified atom stereocenters. The Morgan fingerprint density at radius 2 is 1.74 bits per heavy atom. The normalized spacial score (nSPS) is 26.3. The molecule has 2 atom stereocenters. The number of likely N-dealkylation sites (tertiary alicyclic amines) is 1. The molecule has 4 heterocycles. The Hall–Kier alpha value is -4.93. The molecule has 2 aromatic heterocycles. The number of nitrogens with one attached hydrogen (secondary N) is 2. The minimum Gasteiger partial charge on any atom is -0.494 e. The second kappa shape index (κ2) is 12.6. The molecule has 280 valence electrons. The van der Waals surface area contributed by atoms with E-state index in [1.165, 1.54) is 32.1 Å². The fourth-order valence-corrected chi connectivity index (χ4v) is 11.1. The molecular formula is C43H49N7O4. The van der Waals surface area contributed by atoms with Gasteiger partial charge in [-0.05, 0) is 124 Å². The first-order chi connectivity index (χ1) is 26.2. The third-order valence-corrected chi connectivity index (χ3v) is 14.0. The lowest BCUT2D eigenvalue weighted by atomic mass is 9.70. The minimum absolute atomic E-state index is 0.0100. The summed E-state index contributed by atoms with van der Waals surface area (Å²) in [6.45, 7) is 5.61. The molecule has 7 fully saturated rings. The van der Waals surface area contributed by atoms with Crippen LogP contribution in [0.25, 0.3) is 16.7 Å². The number of hydrogen-bond acceptors (Lipinski definition) is 8. The Morgan fingerprint density at radius 3 is 2.48 bits per heavy atom. The predicted molar refractivity (Wildman–Crippen MR) is 209 cm³/mol. The zero-order valence-corrected chi connectivity index (χ0v) is 31.3. The fourth-order valence-electron chi connectivity index (χ4n) is 11.1. The Balaban J connectivity index is 0.815. The van der Waals surface area contributed by atoms with E-state index in [-0.39, 0.29) is 22.8 Å². The molecule has 11 heteroatoms. The van der Waals surface area contributed by atoms with E-state index >= 15 is 0 Å². The maximum atomic E-state index is 13.5. The van der Waals surface area contributed by atoms with Gasteiger partial charge in [0.05, 0.1) is 18.5 Å². The average molecular weight is 728 g/mol. The number of fused-ring (bicyclic) bond motifs is 1. The fraction of sp³-hybridized carbons (Fsp3) is 0.512. The van der Waals surface area contributed by atoms with Crippen LogP contribution in [-0.4, -0.2) is 64.5 Å². The van der Waals surface area contributed by atoms with Crippen LogP contribution in [0.3, 0.4) is 0 Å². The lowest BCUT2D eigenvalue weighted by Crippen LogP contribution is -2.62. The average Bonchev–Trinajstić information content (AvgIpc) is 3.93. The Labute approximate surface area is 315 Å². The number of aryl methyl sites for hydroxylation is 1. The minimum atomic E-state index is -0.219. The maximum absolute atomic E-state index is 13.5. The number of amides is 2. The van der Waals surface area contributed by atoms with E-state index in [0.29, 0.717) is 40.0 Å². The number of nitrogens with zero attached hydrogens (tertiary/aromatic N) is 5. The highest BCUT2D eigenvalue weighted by Crippen LogP contribution is 2.67. The van der Waals surface area contributed by atoms with E-state index in [9.17, 15) is 14.4 Å². The van der Waals surface area contributed by atoms with Crippen LogP contribution in [0, 0.1) is 41.4 Å². The zero-order chi connectivity index (χ0) is 36.8. The first kappa shape index (κ1) is 33.6. The van der Waals surface area contributed by atoms with Gasteiger partial charge in [-0.25, -0.2) is 4.98 Å².